The maximum atomic E-state index is 11.7. The number of fused-ring (bicyclic) bond motifs is 1. The van der Waals surface area contributed by atoms with E-state index in [0.29, 0.717) is 23.6 Å². The number of carbonyl (C=O) groups is 2. The number of ether oxygens (including phenoxy) is 2. The highest BCUT2D eigenvalue weighted by molar-refractivity contribution is 6.00. The number of nitrogens with zero attached hydrogens (tertiary/aromatic N) is 2. The highest BCUT2D eigenvalue weighted by atomic mass is 16.6. The van der Waals surface area contributed by atoms with Crippen molar-refractivity contribution in [3.05, 3.63) is 41.6 Å². The van der Waals surface area contributed by atoms with E-state index >= 15 is 0 Å². The van der Waals surface area contributed by atoms with Gasteiger partial charge >= 0.3 is 6.09 Å². The van der Waals surface area contributed by atoms with Crippen LogP contribution in [0.3, 0.4) is 0 Å². The van der Waals surface area contributed by atoms with Gasteiger partial charge in [0.1, 0.15) is 29.8 Å². The molecule has 0 bridgehead atoms. The number of anilines is 1. The van der Waals surface area contributed by atoms with Crippen molar-refractivity contribution < 1.29 is 19.1 Å². The lowest BCUT2D eigenvalue weighted by Gasteiger charge is -2.30. The smallest absolute Gasteiger partial charge is 0.405 e. The summed E-state index contributed by atoms with van der Waals surface area (Å²) < 4.78 is 11.1. The van der Waals surface area contributed by atoms with Crippen LogP contribution in [0.2, 0.25) is 0 Å². The first-order valence-corrected chi connectivity index (χ1v) is 9.64. The number of nitrogens with two attached hydrogens (primary N) is 1. The van der Waals surface area contributed by atoms with Crippen molar-refractivity contribution in [2.24, 2.45) is 11.7 Å². The Labute approximate surface area is 175 Å². The second-order valence-corrected chi connectivity index (χ2v) is 7.99. The summed E-state index contributed by atoms with van der Waals surface area (Å²) >= 11 is 0. The first-order valence-electron chi connectivity index (χ1n) is 9.64. The highest BCUT2D eigenvalue weighted by Gasteiger charge is 2.31. The van der Waals surface area contributed by atoms with Gasteiger partial charge in [-0.3, -0.25) is 4.79 Å². The Hall–Kier alpha value is -3.60. The van der Waals surface area contributed by atoms with Crippen molar-refractivity contribution >= 4 is 17.8 Å². The van der Waals surface area contributed by atoms with Crippen LogP contribution < -0.4 is 15.8 Å². The predicted molar refractivity (Wildman–Crippen MR) is 111 cm³/mol. The van der Waals surface area contributed by atoms with Gasteiger partial charge in [0, 0.05) is 11.8 Å². The largest absolute Gasteiger partial charge is 0.488 e. The summed E-state index contributed by atoms with van der Waals surface area (Å²) in [6, 6.07) is 9.19. The Morgan fingerprint density at radius 1 is 1.40 bits per heavy atom. The van der Waals surface area contributed by atoms with E-state index < -0.39 is 11.7 Å². The lowest BCUT2D eigenvalue weighted by molar-refractivity contribution is -0.115. The molecule has 0 fully saturated rings. The Morgan fingerprint density at radius 3 is 2.83 bits per heavy atom. The van der Waals surface area contributed by atoms with E-state index in [-0.39, 0.29) is 24.9 Å². The zero-order chi connectivity index (χ0) is 21.9. The first kappa shape index (κ1) is 21.1. The first-order chi connectivity index (χ1) is 14.2. The minimum Gasteiger partial charge on any atom is -0.488 e. The molecule has 3 rings (SSSR count). The number of nitriles is 1. The van der Waals surface area contributed by atoms with E-state index in [1.165, 1.54) is 0 Å². The van der Waals surface area contributed by atoms with Crippen LogP contribution in [0.4, 0.5) is 10.6 Å². The minimum atomic E-state index is -0.913. The van der Waals surface area contributed by atoms with Gasteiger partial charge in [-0.25, -0.2) is 9.78 Å². The summed E-state index contributed by atoms with van der Waals surface area (Å²) in [6.45, 7) is 5.82. The molecule has 156 valence electrons. The molecule has 8 nitrogen and oxygen atoms in total. The van der Waals surface area contributed by atoms with Crippen LogP contribution in [0.5, 0.6) is 5.75 Å². The number of aromatic nitrogens is 1. The number of amides is 2. The molecular weight excluding hydrogens is 384 g/mol. The molecule has 1 unspecified atom stereocenters. The molecule has 1 aromatic carbocycles. The normalized spacial score (nSPS) is 14.4. The van der Waals surface area contributed by atoms with E-state index in [2.05, 4.69) is 16.4 Å². The molecule has 0 saturated carbocycles. The number of pyridine rings is 1. The molecule has 3 N–H and O–H groups in total. The minimum absolute atomic E-state index is 0.0607. The van der Waals surface area contributed by atoms with Crippen molar-refractivity contribution in [1.82, 2.24) is 4.98 Å². The van der Waals surface area contributed by atoms with Gasteiger partial charge in [-0.2, -0.15) is 5.26 Å². The maximum absolute atomic E-state index is 11.7. The third kappa shape index (κ3) is 4.69. The van der Waals surface area contributed by atoms with Gasteiger partial charge in [0.25, 0.3) is 0 Å². The molecular formula is C22H24N4O4. The summed E-state index contributed by atoms with van der Waals surface area (Å²) in [7, 11) is 0. The fourth-order valence-corrected chi connectivity index (χ4v) is 3.76. The van der Waals surface area contributed by atoms with Crippen LogP contribution in [0.25, 0.3) is 11.1 Å². The van der Waals surface area contributed by atoms with Crippen LogP contribution in [-0.4, -0.2) is 29.2 Å². The molecule has 2 aromatic rings. The molecule has 1 aliphatic rings. The SMILES string of the molecule is CC(C)CC(C)(COc1ccc(-c2ccnc3c2CC(=O)N3)cc1C#N)OC(N)=O. The molecule has 1 atom stereocenters. The van der Waals surface area contributed by atoms with Gasteiger partial charge in [-0.05, 0) is 48.6 Å². The second kappa shape index (κ2) is 8.41. The van der Waals surface area contributed by atoms with Gasteiger partial charge in [0.15, 0.2) is 0 Å². The van der Waals surface area contributed by atoms with Crippen molar-refractivity contribution in [3.63, 3.8) is 0 Å². The summed E-state index contributed by atoms with van der Waals surface area (Å²) in [5.74, 6) is 1.07. The predicted octanol–water partition coefficient (Wildman–Crippen LogP) is 3.39. The van der Waals surface area contributed by atoms with E-state index in [0.717, 1.165) is 16.7 Å². The zero-order valence-corrected chi connectivity index (χ0v) is 17.2. The average molecular weight is 408 g/mol. The monoisotopic (exact) mass is 408 g/mol. The van der Waals surface area contributed by atoms with E-state index in [1.807, 2.05) is 26.0 Å². The van der Waals surface area contributed by atoms with E-state index in [1.54, 1.807) is 25.3 Å². The Balaban J connectivity index is 1.85. The van der Waals surface area contributed by atoms with Crippen molar-refractivity contribution in [2.75, 3.05) is 11.9 Å². The van der Waals surface area contributed by atoms with Gasteiger partial charge < -0.3 is 20.5 Å². The standard InChI is InChI=1S/C22H24N4O4/c1-13(2)10-22(3,30-21(24)28)12-29-18-5-4-14(8-15(18)11-23)16-6-7-25-20-17(16)9-19(27)26-20/h4-8,13H,9-10,12H2,1-3H3,(H2,24,28)(H,25,26,27). The molecule has 1 aliphatic heterocycles. The maximum Gasteiger partial charge on any atom is 0.405 e. The molecule has 2 heterocycles. The van der Waals surface area contributed by atoms with Gasteiger partial charge in [-0.15, -0.1) is 0 Å². The summed E-state index contributed by atoms with van der Waals surface area (Å²) in [4.78, 5) is 27.2. The molecule has 0 saturated heterocycles. The average Bonchev–Trinajstić information content (AvgIpc) is 3.05. The highest BCUT2D eigenvalue weighted by Crippen LogP contribution is 2.34. The van der Waals surface area contributed by atoms with Crippen molar-refractivity contribution in [2.45, 2.75) is 39.2 Å². The number of benzene rings is 1. The molecule has 2 amide bonds. The zero-order valence-electron chi connectivity index (χ0n) is 17.2. The Morgan fingerprint density at radius 2 is 2.17 bits per heavy atom. The molecule has 0 aliphatic carbocycles. The lowest BCUT2D eigenvalue weighted by atomic mass is 9.94. The quantitative estimate of drug-likeness (QED) is 0.723. The second-order valence-electron chi connectivity index (χ2n) is 7.99. The van der Waals surface area contributed by atoms with E-state index in [9.17, 15) is 14.9 Å². The van der Waals surface area contributed by atoms with Crippen LogP contribution in [-0.2, 0) is 16.0 Å². The van der Waals surface area contributed by atoms with Crippen LogP contribution in [0, 0.1) is 17.2 Å². The van der Waals surface area contributed by atoms with Gasteiger partial charge in [-0.1, -0.05) is 19.9 Å². The third-order valence-electron chi connectivity index (χ3n) is 4.78. The molecule has 8 heteroatoms. The van der Waals surface area contributed by atoms with Gasteiger partial charge in [0.2, 0.25) is 5.91 Å². The number of hydrogen-bond donors (Lipinski definition) is 2. The molecule has 0 radical (unpaired) electrons. The van der Waals surface area contributed by atoms with Crippen molar-refractivity contribution in [1.29, 1.82) is 5.26 Å². The number of nitrogens with one attached hydrogen (secondary N) is 1. The van der Waals surface area contributed by atoms with Crippen LogP contribution >= 0.6 is 0 Å². The van der Waals surface area contributed by atoms with Crippen LogP contribution in [0.15, 0.2) is 30.5 Å². The van der Waals surface area contributed by atoms with Crippen molar-refractivity contribution in [3.8, 4) is 22.9 Å². The number of carbonyl (C=O) groups excluding carboxylic acids is 2. The topological polar surface area (TPSA) is 127 Å². The molecule has 30 heavy (non-hydrogen) atoms. The van der Waals surface area contributed by atoms with Crippen LogP contribution in [0.1, 0.15) is 38.3 Å². The Bertz CT molecular complexity index is 1030. The van der Waals surface area contributed by atoms with Gasteiger partial charge in [0.05, 0.1) is 12.0 Å². The van der Waals surface area contributed by atoms with E-state index in [4.69, 9.17) is 15.2 Å². The lowest BCUT2D eigenvalue weighted by Crippen LogP contribution is -2.41. The fourth-order valence-electron chi connectivity index (χ4n) is 3.76. The Kier molecular flexibility index (Phi) is 5.92. The summed E-state index contributed by atoms with van der Waals surface area (Å²) in [6.07, 6.45) is 1.55. The molecule has 0 spiro atoms. The fraction of sp³-hybridized carbons (Fsp3) is 0.364. The summed E-state index contributed by atoms with van der Waals surface area (Å²) in [5, 5.41) is 12.4. The number of hydrogen-bond acceptors (Lipinski definition) is 6. The number of rotatable bonds is 7. The summed E-state index contributed by atoms with van der Waals surface area (Å²) in [5.41, 5.74) is 7.06. The number of primary amides is 1. The third-order valence-corrected chi connectivity index (χ3v) is 4.78. The molecule has 1 aromatic heterocycles.